The SMILES string of the molecule is CC(C)C1(C(O)C(=O)O)CC1. The molecule has 0 aliphatic heterocycles. The van der Waals surface area contributed by atoms with Crippen LogP contribution in [0.5, 0.6) is 0 Å². The Morgan fingerprint density at radius 3 is 2.00 bits per heavy atom. The summed E-state index contributed by atoms with van der Waals surface area (Å²) in [5.74, 6) is -0.829. The van der Waals surface area contributed by atoms with E-state index in [0.29, 0.717) is 0 Å². The van der Waals surface area contributed by atoms with Crippen LogP contribution in [0.15, 0.2) is 0 Å². The van der Waals surface area contributed by atoms with E-state index in [2.05, 4.69) is 0 Å². The third-order valence-electron chi connectivity index (χ3n) is 2.76. The Morgan fingerprint density at radius 1 is 1.45 bits per heavy atom. The van der Waals surface area contributed by atoms with E-state index >= 15 is 0 Å². The topological polar surface area (TPSA) is 57.5 Å². The third-order valence-corrected chi connectivity index (χ3v) is 2.76. The first kappa shape index (κ1) is 8.53. The van der Waals surface area contributed by atoms with Gasteiger partial charge in [-0.3, -0.25) is 0 Å². The maximum atomic E-state index is 10.4. The number of hydrogen-bond acceptors (Lipinski definition) is 2. The molecule has 0 heterocycles. The van der Waals surface area contributed by atoms with Crippen molar-refractivity contribution in [2.24, 2.45) is 11.3 Å². The van der Waals surface area contributed by atoms with E-state index in [0.717, 1.165) is 12.8 Å². The lowest BCUT2D eigenvalue weighted by atomic mass is 9.87. The molecule has 1 saturated carbocycles. The van der Waals surface area contributed by atoms with Gasteiger partial charge < -0.3 is 10.2 Å². The largest absolute Gasteiger partial charge is 0.479 e. The van der Waals surface area contributed by atoms with Crippen molar-refractivity contribution in [2.45, 2.75) is 32.8 Å². The van der Waals surface area contributed by atoms with Gasteiger partial charge in [-0.15, -0.1) is 0 Å². The van der Waals surface area contributed by atoms with Crippen molar-refractivity contribution in [3.8, 4) is 0 Å². The van der Waals surface area contributed by atoms with Crippen molar-refractivity contribution < 1.29 is 15.0 Å². The second-order valence-corrected chi connectivity index (χ2v) is 3.63. The monoisotopic (exact) mass is 158 g/mol. The Kier molecular flexibility index (Phi) is 1.92. The summed E-state index contributed by atoms with van der Waals surface area (Å²) in [6, 6.07) is 0. The van der Waals surface area contributed by atoms with Gasteiger partial charge in [-0.2, -0.15) is 0 Å². The van der Waals surface area contributed by atoms with E-state index in [1.807, 2.05) is 13.8 Å². The van der Waals surface area contributed by atoms with E-state index in [1.54, 1.807) is 0 Å². The zero-order valence-electron chi connectivity index (χ0n) is 6.87. The lowest BCUT2D eigenvalue weighted by molar-refractivity contribution is -0.151. The van der Waals surface area contributed by atoms with E-state index in [9.17, 15) is 9.90 Å². The lowest BCUT2D eigenvalue weighted by Gasteiger charge is -2.22. The van der Waals surface area contributed by atoms with Gasteiger partial charge in [0.05, 0.1) is 0 Å². The summed E-state index contributed by atoms with van der Waals surface area (Å²) >= 11 is 0. The number of aliphatic carboxylic acids is 1. The molecule has 0 saturated heterocycles. The molecule has 0 aromatic carbocycles. The zero-order chi connectivity index (χ0) is 8.65. The van der Waals surface area contributed by atoms with E-state index in [4.69, 9.17) is 5.11 Å². The van der Waals surface area contributed by atoms with Gasteiger partial charge in [-0.05, 0) is 18.8 Å². The number of rotatable bonds is 3. The fourth-order valence-corrected chi connectivity index (χ4v) is 1.56. The van der Waals surface area contributed by atoms with Gasteiger partial charge in [0.15, 0.2) is 6.10 Å². The Bertz CT molecular complexity index is 170. The second-order valence-electron chi connectivity index (χ2n) is 3.63. The van der Waals surface area contributed by atoms with Crippen molar-refractivity contribution in [1.29, 1.82) is 0 Å². The number of aliphatic hydroxyl groups excluding tert-OH is 1. The molecular weight excluding hydrogens is 144 g/mol. The highest BCUT2D eigenvalue weighted by Crippen LogP contribution is 2.54. The van der Waals surface area contributed by atoms with Crippen LogP contribution < -0.4 is 0 Å². The van der Waals surface area contributed by atoms with E-state index < -0.39 is 12.1 Å². The molecule has 0 bridgehead atoms. The number of carboxylic acids is 1. The van der Waals surface area contributed by atoms with Crippen molar-refractivity contribution in [1.82, 2.24) is 0 Å². The summed E-state index contributed by atoms with van der Waals surface area (Å²) in [6.45, 7) is 3.92. The summed E-state index contributed by atoms with van der Waals surface area (Å²) in [5, 5.41) is 17.8. The number of aliphatic hydroxyl groups is 1. The molecule has 0 spiro atoms. The van der Waals surface area contributed by atoms with Crippen LogP contribution in [-0.4, -0.2) is 22.3 Å². The lowest BCUT2D eigenvalue weighted by Crippen LogP contribution is -2.34. The molecule has 64 valence electrons. The molecule has 1 fully saturated rings. The third kappa shape index (κ3) is 1.25. The Morgan fingerprint density at radius 2 is 1.91 bits per heavy atom. The summed E-state index contributed by atoms with van der Waals surface area (Å²) in [7, 11) is 0. The molecule has 0 aromatic heterocycles. The van der Waals surface area contributed by atoms with E-state index in [1.165, 1.54) is 0 Å². The van der Waals surface area contributed by atoms with Crippen LogP contribution in [0.2, 0.25) is 0 Å². The maximum Gasteiger partial charge on any atom is 0.333 e. The summed E-state index contributed by atoms with van der Waals surface area (Å²) in [6.07, 6.45) is 0.526. The standard InChI is InChI=1S/C8H14O3/c1-5(2)8(3-4-8)6(9)7(10)11/h5-6,9H,3-4H2,1-2H3,(H,10,11). The molecule has 0 aromatic rings. The van der Waals surface area contributed by atoms with Gasteiger partial charge in [0.2, 0.25) is 0 Å². The minimum absolute atomic E-state index is 0.258. The van der Waals surface area contributed by atoms with Crippen LogP contribution in [0.25, 0.3) is 0 Å². The maximum absolute atomic E-state index is 10.4. The first-order valence-corrected chi connectivity index (χ1v) is 3.91. The molecule has 3 nitrogen and oxygen atoms in total. The summed E-state index contributed by atoms with van der Waals surface area (Å²) in [5.41, 5.74) is -0.314. The van der Waals surface area contributed by atoms with Crippen LogP contribution in [0, 0.1) is 11.3 Å². The smallest absolute Gasteiger partial charge is 0.333 e. The van der Waals surface area contributed by atoms with Crippen molar-refractivity contribution in [2.75, 3.05) is 0 Å². The highest BCUT2D eigenvalue weighted by atomic mass is 16.4. The van der Waals surface area contributed by atoms with E-state index in [-0.39, 0.29) is 11.3 Å². The number of carbonyl (C=O) groups is 1. The van der Waals surface area contributed by atoms with Gasteiger partial charge in [0.25, 0.3) is 0 Å². The molecule has 1 aliphatic carbocycles. The summed E-state index contributed by atoms with van der Waals surface area (Å²) in [4.78, 5) is 10.4. The fraction of sp³-hybridized carbons (Fsp3) is 0.875. The molecule has 1 aliphatic rings. The fourth-order valence-electron chi connectivity index (χ4n) is 1.56. The average molecular weight is 158 g/mol. The first-order valence-electron chi connectivity index (χ1n) is 3.91. The molecule has 3 heteroatoms. The second kappa shape index (κ2) is 2.48. The molecule has 0 radical (unpaired) electrons. The van der Waals surface area contributed by atoms with Crippen LogP contribution in [0.1, 0.15) is 26.7 Å². The van der Waals surface area contributed by atoms with Crippen molar-refractivity contribution >= 4 is 5.97 Å². The normalized spacial score (nSPS) is 23.3. The van der Waals surface area contributed by atoms with Gasteiger partial charge in [0, 0.05) is 5.41 Å². The number of carboxylic acid groups (broad SMARTS) is 1. The minimum atomic E-state index is -1.16. The van der Waals surface area contributed by atoms with Crippen LogP contribution in [-0.2, 0) is 4.79 Å². The van der Waals surface area contributed by atoms with Gasteiger partial charge in [-0.1, -0.05) is 13.8 Å². The molecule has 2 N–H and O–H groups in total. The molecule has 1 rings (SSSR count). The molecule has 1 unspecified atom stereocenters. The minimum Gasteiger partial charge on any atom is -0.479 e. The quantitative estimate of drug-likeness (QED) is 0.640. The van der Waals surface area contributed by atoms with Gasteiger partial charge in [0.1, 0.15) is 0 Å². The number of hydrogen-bond donors (Lipinski definition) is 2. The Labute approximate surface area is 66.0 Å². The molecule has 1 atom stereocenters. The van der Waals surface area contributed by atoms with Crippen molar-refractivity contribution in [3.05, 3.63) is 0 Å². The highest BCUT2D eigenvalue weighted by molar-refractivity contribution is 5.73. The summed E-state index contributed by atoms with van der Waals surface area (Å²) < 4.78 is 0. The predicted molar refractivity (Wildman–Crippen MR) is 40.1 cm³/mol. The molecule has 11 heavy (non-hydrogen) atoms. The van der Waals surface area contributed by atoms with Gasteiger partial charge >= 0.3 is 5.97 Å². The van der Waals surface area contributed by atoms with Crippen LogP contribution >= 0.6 is 0 Å². The zero-order valence-corrected chi connectivity index (χ0v) is 6.87. The molecular formula is C8H14O3. The predicted octanol–water partition coefficient (Wildman–Crippen LogP) is 0.868. The van der Waals surface area contributed by atoms with Crippen LogP contribution in [0.3, 0.4) is 0 Å². The first-order chi connectivity index (χ1) is 5.00. The Balaban J connectivity index is 2.65. The molecule has 0 amide bonds. The van der Waals surface area contributed by atoms with Gasteiger partial charge in [-0.25, -0.2) is 4.79 Å². The highest BCUT2D eigenvalue weighted by Gasteiger charge is 2.54. The average Bonchev–Trinajstić information content (AvgIpc) is 2.65. The Hall–Kier alpha value is -0.570. The van der Waals surface area contributed by atoms with Crippen molar-refractivity contribution in [3.63, 3.8) is 0 Å². The van der Waals surface area contributed by atoms with Crippen LogP contribution in [0.4, 0.5) is 0 Å².